The van der Waals surface area contributed by atoms with Gasteiger partial charge in [-0.3, -0.25) is 9.89 Å². The van der Waals surface area contributed by atoms with E-state index in [1.54, 1.807) is 0 Å². The summed E-state index contributed by atoms with van der Waals surface area (Å²) in [6.45, 7) is 0. The van der Waals surface area contributed by atoms with Crippen molar-refractivity contribution in [3.8, 4) is 0 Å². The van der Waals surface area contributed by atoms with Crippen molar-refractivity contribution < 1.29 is 13.2 Å². The lowest BCUT2D eigenvalue weighted by atomic mass is 9.51. The highest BCUT2D eigenvalue weighted by atomic mass is 35.5. The molecule has 1 aromatic rings. The van der Waals surface area contributed by atoms with Crippen molar-refractivity contribution >= 4 is 27.5 Å². The van der Waals surface area contributed by atoms with E-state index < -0.39 is 10.0 Å². The van der Waals surface area contributed by atoms with Gasteiger partial charge in [-0.15, -0.1) is 0 Å². The fraction of sp³-hybridized carbons (Fsp3) is 0.733. The molecular formula is C15H21ClN4O3S. The third-order valence-corrected chi connectivity index (χ3v) is 6.90. The summed E-state index contributed by atoms with van der Waals surface area (Å²) in [5.41, 5.74) is 0.0351. The van der Waals surface area contributed by atoms with Crippen LogP contribution in [0.1, 0.15) is 42.5 Å². The molecule has 9 heteroatoms. The summed E-state index contributed by atoms with van der Waals surface area (Å²) < 4.78 is 26.4. The number of sulfonamides is 1. The highest BCUT2D eigenvalue weighted by Crippen LogP contribution is 2.55. The first kappa shape index (κ1) is 16.4. The second-order valence-corrected chi connectivity index (χ2v) is 9.85. The lowest BCUT2D eigenvalue weighted by Gasteiger charge is -2.59. The molecule has 1 heterocycles. The summed E-state index contributed by atoms with van der Waals surface area (Å²) in [5, 5.41) is 9.71. The van der Waals surface area contributed by atoms with Gasteiger partial charge >= 0.3 is 0 Å². The molecule has 0 aromatic carbocycles. The summed E-state index contributed by atoms with van der Waals surface area (Å²) in [5.74, 6) is 0.944. The van der Waals surface area contributed by atoms with Crippen molar-refractivity contribution in [1.29, 1.82) is 0 Å². The molecule has 0 saturated heterocycles. The molecule has 1 aromatic heterocycles. The van der Waals surface area contributed by atoms with Crippen LogP contribution in [0.25, 0.3) is 0 Å². The maximum Gasteiger partial charge on any atom is 0.256 e. The Kier molecular flexibility index (Phi) is 3.71. The average molecular weight is 373 g/mol. The Morgan fingerprint density at radius 1 is 1.33 bits per heavy atom. The van der Waals surface area contributed by atoms with Crippen molar-refractivity contribution in [1.82, 2.24) is 20.2 Å². The van der Waals surface area contributed by atoms with Gasteiger partial charge in [-0.2, -0.15) is 5.10 Å². The second kappa shape index (κ2) is 5.44. The lowest BCUT2D eigenvalue weighted by Crippen LogP contribution is -2.66. The number of rotatable bonds is 4. The van der Waals surface area contributed by atoms with E-state index in [1.165, 1.54) is 12.5 Å². The Bertz CT molecular complexity index is 761. The molecule has 0 aliphatic heterocycles. The van der Waals surface area contributed by atoms with Gasteiger partial charge in [-0.25, -0.2) is 13.1 Å². The fourth-order valence-corrected chi connectivity index (χ4v) is 6.66. The van der Waals surface area contributed by atoms with Crippen molar-refractivity contribution in [2.75, 3.05) is 6.26 Å². The minimum absolute atomic E-state index is 0.0782. The summed E-state index contributed by atoms with van der Waals surface area (Å²) in [6.07, 6.45) is 7.25. The molecule has 5 rings (SSSR count). The molecule has 2 atom stereocenters. The van der Waals surface area contributed by atoms with Gasteiger partial charge in [0.15, 0.2) is 0 Å². The van der Waals surface area contributed by atoms with Crippen LogP contribution in [0, 0.1) is 17.8 Å². The SMILES string of the molecule is CS(=O)(=O)NC12CC3CC(C1)C(NC(=O)c1cn[nH]c1Cl)C(C3)C2. The minimum Gasteiger partial charge on any atom is -0.349 e. The number of nitrogens with zero attached hydrogens (tertiary/aromatic N) is 1. The zero-order chi connectivity index (χ0) is 17.1. The maximum atomic E-state index is 12.5. The number of aromatic amines is 1. The van der Waals surface area contributed by atoms with Crippen LogP contribution in [0.15, 0.2) is 6.20 Å². The Balaban J connectivity index is 1.53. The zero-order valence-corrected chi connectivity index (χ0v) is 15.0. The van der Waals surface area contributed by atoms with Crippen molar-refractivity contribution in [3.05, 3.63) is 16.9 Å². The quantitative estimate of drug-likeness (QED) is 0.740. The molecule has 4 aliphatic carbocycles. The number of hydrogen-bond donors (Lipinski definition) is 3. The van der Waals surface area contributed by atoms with Crippen LogP contribution in [0.2, 0.25) is 5.15 Å². The van der Waals surface area contributed by atoms with E-state index in [9.17, 15) is 13.2 Å². The number of amides is 1. The van der Waals surface area contributed by atoms with Crippen LogP contribution in [0.3, 0.4) is 0 Å². The molecule has 132 valence electrons. The molecule has 4 aliphatic rings. The summed E-state index contributed by atoms with van der Waals surface area (Å²) in [4.78, 5) is 12.5. The minimum atomic E-state index is -3.24. The molecule has 24 heavy (non-hydrogen) atoms. The van der Waals surface area contributed by atoms with Crippen LogP contribution in [-0.4, -0.2) is 42.4 Å². The highest BCUT2D eigenvalue weighted by molar-refractivity contribution is 7.88. The van der Waals surface area contributed by atoms with Crippen LogP contribution in [0.4, 0.5) is 0 Å². The number of H-pyrrole nitrogens is 1. The monoisotopic (exact) mass is 372 g/mol. The van der Waals surface area contributed by atoms with Crippen LogP contribution >= 0.6 is 11.6 Å². The molecule has 3 N–H and O–H groups in total. The highest BCUT2D eigenvalue weighted by Gasteiger charge is 2.56. The Hall–Kier alpha value is -1.12. The molecule has 7 nitrogen and oxygen atoms in total. The third kappa shape index (κ3) is 2.84. The molecule has 0 spiro atoms. The predicted octanol–water partition coefficient (Wildman–Crippen LogP) is 1.29. The van der Waals surface area contributed by atoms with Gasteiger partial charge in [0.1, 0.15) is 5.15 Å². The van der Waals surface area contributed by atoms with E-state index >= 15 is 0 Å². The molecule has 4 fully saturated rings. The van der Waals surface area contributed by atoms with E-state index in [-0.39, 0.29) is 22.6 Å². The molecule has 4 bridgehead atoms. The van der Waals surface area contributed by atoms with E-state index in [2.05, 4.69) is 20.2 Å². The summed E-state index contributed by atoms with van der Waals surface area (Å²) in [7, 11) is -3.24. The van der Waals surface area contributed by atoms with Gasteiger partial charge in [-0.1, -0.05) is 11.6 Å². The number of hydrogen-bond acceptors (Lipinski definition) is 4. The second-order valence-electron chi connectivity index (χ2n) is 7.72. The van der Waals surface area contributed by atoms with E-state index in [0.29, 0.717) is 23.3 Å². The van der Waals surface area contributed by atoms with Crippen molar-refractivity contribution in [2.45, 2.75) is 43.7 Å². The Labute approximate surface area is 146 Å². The Morgan fingerprint density at radius 2 is 2.00 bits per heavy atom. The van der Waals surface area contributed by atoms with Crippen LogP contribution in [0.5, 0.6) is 0 Å². The largest absolute Gasteiger partial charge is 0.349 e. The lowest BCUT2D eigenvalue weighted by molar-refractivity contribution is -0.0347. The third-order valence-electron chi connectivity index (χ3n) is 5.81. The number of carbonyl (C=O) groups is 1. The topological polar surface area (TPSA) is 104 Å². The first-order valence-corrected chi connectivity index (χ1v) is 10.5. The van der Waals surface area contributed by atoms with E-state index in [4.69, 9.17) is 11.6 Å². The molecule has 1 amide bonds. The van der Waals surface area contributed by atoms with Gasteiger partial charge in [0.05, 0.1) is 18.0 Å². The molecule has 4 saturated carbocycles. The first-order valence-electron chi connectivity index (χ1n) is 8.23. The number of nitrogens with one attached hydrogen (secondary N) is 3. The van der Waals surface area contributed by atoms with Crippen LogP contribution in [-0.2, 0) is 10.0 Å². The zero-order valence-electron chi connectivity index (χ0n) is 13.4. The van der Waals surface area contributed by atoms with E-state index in [1.807, 2.05) is 0 Å². The van der Waals surface area contributed by atoms with Crippen molar-refractivity contribution in [3.63, 3.8) is 0 Å². The number of halogens is 1. The summed E-state index contributed by atoms with van der Waals surface area (Å²) >= 11 is 5.94. The number of carbonyl (C=O) groups excluding carboxylic acids is 1. The van der Waals surface area contributed by atoms with Gasteiger partial charge in [-0.05, 0) is 49.9 Å². The smallest absolute Gasteiger partial charge is 0.256 e. The van der Waals surface area contributed by atoms with Gasteiger partial charge in [0.25, 0.3) is 5.91 Å². The fourth-order valence-electron chi connectivity index (χ4n) is 5.44. The van der Waals surface area contributed by atoms with Gasteiger partial charge in [0.2, 0.25) is 10.0 Å². The Morgan fingerprint density at radius 3 is 2.54 bits per heavy atom. The van der Waals surface area contributed by atoms with E-state index in [0.717, 1.165) is 32.1 Å². The van der Waals surface area contributed by atoms with Gasteiger partial charge in [0, 0.05) is 11.6 Å². The standard InChI is InChI=1S/C15H21ClN4O3S/c1-24(22,23)20-15-4-8-2-9(5-15)12(10(3-8)6-15)18-14(21)11-7-17-19-13(11)16/h7-10,12,20H,2-6H2,1H3,(H,17,19)(H,18,21). The normalized spacial score (nSPS) is 37.6. The maximum absolute atomic E-state index is 12.5. The first-order chi connectivity index (χ1) is 11.2. The summed E-state index contributed by atoms with van der Waals surface area (Å²) in [6, 6.07) is 0.0782. The van der Waals surface area contributed by atoms with Crippen molar-refractivity contribution in [2.24, 2.45) is 17.8 Å². The number of aromatic nitrogens is 2. The molecule has 0 radical (unpaired) electrons. The molecular weight excluding hydrogens is 352 g/mol. The average Bonchev–Trinajstić information content (AvgIpc) is 2.85. The van der Waals surface area contributed by atoms with Crippen LogP contribution < -0.4 is 10.0 Å². The van der Waals surface area contributed by atoms with Gasteiger partial charge < -0.3 is 5.32 Å². The predicted molar refractivity (Wildman–Crippen MR) is 89.1 cm³/mol. The molecule has 2 unspecified atom stereocenters.